The molecular formula is C32H38FN3O5Si. The van der Waals surface area contributed by atoms with Crippen molar-refractivity contribution in [2.75, 3.05) is 27.4 Å². The molecule has 4 rings (SSSR count). The Bertz CT molecular complexity index is 1580. The van der Waals surface area contributed by atoms with Crippen LogP contribution in [-0.2, 0) is 22.7 Å². The van der Waals surface area contributed by atoms with Gasteiger partial charge in [-0.05, 0) is 66.6 Å². The van der Waals surface area contributed by atoms with Crippen molar-refractivity contribution in [3.05, 3.63) is 83.3 Å². The van der Waals surface area contributed by atoms with E-state index in [1.165, 1.54) is 19.2 Å². The number of halogens is 1. The maximum Gasteiger partial charge on any atom is 0.337 e. The van der Waals surface area contributed by atoms with Crippen LogP contribution < -0.4 is 4.74 Å². The topological polar surface area (TPSA) is 82.9 Å². The third kappa shape index (κ3) is 7.43. The average Bonchev–Trinajstić information content (AvgIpc) is 3.37. The molecule has 0 radical (unpaired) electrons. The maximum atomic E-state index is 13.9. The van der Waals surface area contributed by atoms with Crippen LogP contribution in [0.1, 0.15) is 33.2 Å². The van der Waals surface area contributed by atoms with Gasteiger partial charge in [-0.2, -0.15) is 5.10 Å². The van der Waals surface area contributed by atoms with E-state index in [4.69, 9.17) is 14.2 Å². The molecular weight excluding hydrogens is 553 g/mol. The lowest BCUT2D eigenvalue weighted by atomic mass is 10.0. The van der Waals surface area contributed by atoms with Crippen LogP contribution in [0.2, 0.25) is 25.7 Å². The summed E-state index contributed by atoms with van der Waals surface area (Å²) in [5.41, 5.74) is 3.67. The first kappa shape index (κ1) is 30.9. The molecule has 0 unspecified atom stereocenters. The Hall–Kier alpha value is -4.02. The van der Waals surface area contributed by atoms with Gasteiger partial charge in [0, 0.05) is 44.8 Å². The number of hydrogen-bond donors (Lipinski definition) is 0. The fraction of sp³-hybridized carbons (Fsp3) is 0.344. The number of carbonyl (C=O) groups is 2. The van der Waals surface area contributed by atoms with Crippen LogP contribution in [0.4, 0.5) is 4.39 Å². The standard InChI is InChI=1S/C32H38FN3O5Si/c1-7-41-29-18-23(11-12-28(29)22-9-8-10-27(33)17-22)31(37)35(2)20-26-16-24(32(38)39-3)15-25-19-34-36(30(25)26)21-40-13-14-42(4,5)6/h8-12,15-19H,7,13-14,20-21H2,1-6H3. The average molecular weight is 592 g/mol. The van der Waals surface area contributed by atoms with E-state index < -0.39 is 14.0 Å². The molecule has 222 valence electrons. The molecule has 0 aliphatic carbocycles. The van der Waals surface area contributed by atoms with E-state index in [0.717, 1.165) is 22.5 Å². The Morgan fingerprint density at radius 2 is 1.83 bits per heavy atom. The number of nitrogens with zero attached hydrogens (tertiary/aromatic N) is 3. The number of ether oxygens (including phenoxy) is 3. The number of esters is 1. The number of aromatic nitrogens is 2. The summed E-state index contributed by atoms with van der Waals surface area (Å²) in [5.74, 6) is -0.571. The predicted molar refractivity (Wildman–Crippen MR) is 164 cm³/mol. The minimum atomic E-state index is -1.25. The third-order valence-corrected chi connectivity index (χ3v) is 8.57. The molecule has 0 saturated carbocycles. The zero-order valence-corrected chi connectivity index (χ0v) is 26.1. The van der Waals surface area contributed by atoms with Gasteiger partial charge < -0.3 is 19.1 Å². The Morgan fingerprint density at radius 1 is 1.05 bits per heavy atom. The van der Waals surface area contributed by atoms with Crippen molar-refractivity contribution in [1.82, 2.24) is 14.7 Å². The van der Waals surface area contributed by atoms with Crippen molar-refractivity contribution < 1.29 is 28.2 Å². The first-order chi connectivity index (χ1) is 20.0. The van der Waals surface area contributed by atoms with E-state index in [1.807, 2.05) is 6.92 Å². The summed E-state index contributed by atoms with van der Waals surface area (Å²) in [6.45, 7) is 10.2. The highest BCUT2D eigenvalue weighted by Gasteiger charge is 2.20. The van der Waals surface area contributed by atoms with E-state index in [2.05, 4.69) is 24.7 Å². The van der Waals surface area contributed by atoms with Gasteiger partial charge in [-0.25, -0.2) is 13.9 Å². The summed E-state index contributed by atoms with van der Waals surface area (Å²) in [5, 5.41) is 5.26. The second kappa shape index (κ2) is 13.3. The number of rotatable bonds is 12. The highest BCUT2D eigenvalue weighted by molar-refractivity contribution is 6.76. The van der Waals surface area contributed by atoms with Crippen molar-refractivity contribution in [3.63, 3.8) is 0 Å². The third-order valence-electron chi connectivity index (χ3n) is 6.86. The molecule has 0 spiro atoms. The summed E-state index contributed by atoms with van der Waals surface area (Å²) >= 11 is 0. The smallest absolute Gasteiger partial charge is 0.337 e. The van der Waals surface area contributed by atoms with Crippen LogP contribution in [0.5, 0.6) is 5.75 Å². The summed E-state index contributed by atoms with van der Waals surface area (Å²) in [6.07, 6.45) is 1.69. The van der Waals surface area contributed by atoms with Crippen LogP contribution in [-0.4, -0.2) is 62.0 Å². The summed E-state index contributed by atoms with van der Waals surface area (Å²) < 4.78 is 32.4. The SMILES string of the molecule is CCOc1cc(C(=O)N(C)Cc2cc(C(=O)OC)cc3cnn(COCC[Si](C)(C)C)c23)ccc1-c1cccc(F)c1. The molecule has 10 heteroatoms. The number of amides is 1. The zero-order chi connectivity index (χ0) is 30.4. The lowest BCUT2D eigenvalue weighted by Gasteiger charge is -2.20. The molecule has 1 heterocycles. The van der Waals surface area contributed by atoms with E-state index in [0.29, 0.717) is 41.2 Å². The Kier molecular flexibility index (Phi) is 9.80. The Morgan fingerprint density at radius 3 is 2.52 bits per heavy atom. The molecule has 0 aliphatic heterocycles. The van der Waals surface area contributed by atoms with Crippen molar-refractivity contribution in [2.45, 2.75) is 45.9 Å². The van der Waals surface area contributed by atoms with Crippen LogP contribution in [0.15, 0.2) is 60.8 Å². The highest BCUT2D eigenvalue weighted by Crippen LogP contribution is 2.32. The van der Waals surface area contributed by atoms with E-state index in [1.54, 1.807) is 65.3 Å². The molecule has 0 aliphatic rings. The predicted octanol–water partition coefficient (Wildman–Crippen LogP) is 6.61. The van der Waals surface area contributed by atoms with Gasteiger partial charge in [0.25, 0.3) is 5.91 Å². The van der Waals surface area contributed by atoms with Gasteiger partial charge >= 0.3 is 5.97 Å². The summed E-state index contributed by atoms with van der Waals surface area (Å²) in [6, 6.07) is 15.9. The maximum absolute atomic E-state index is 13.9. The van der Waals surface area contributed by atoms with E-state index in [9.17, 15) is 14.0 Å². The molecule has 4 aromatic rings. The van der Waals surface area contributed by atoms with Crippen LogP contribution in [0.3, 0.4) is 0 Å². The van der Waals surface area contributed by atoms with Gasteiger partial charge in [0.2, 0.25) is 0 Å². The highest BCUT2D eigenvalue weighted by atomic mass is 28.3. The quantitative estimate of drug-likeness (QED) is 0.105. The molecule has 0 saturated heterocycles. The van der Waals surface area contributed by atoms with Gasteiger partial charge in [-0.3, -0.25) is 4.79 Å². The van der Waals surface area contributed by atoms with Gasteiger partial charge in [-0.15, -0.1) is 0 Å². The van der Waals surface area contributed by atoms with Gasteiger partial charge in [0.1, 0.15) is 18.3 Å². The molecule has 0 fully saturated rings. The fourth-order valence-electron chi connectivity index (χ4n) is 4.68. The minimum absolute atomic E-state index is 0.205. The lowest BCUT2D eigenvalue weighted by Crippen LogP contribution is -2.27. The molecule has 8 nitrogen and oxygen atoms in total. The van der Waals surface area contributed by atoms with Crippen LogP contribution >= 0.6 is 0 Å². The van der Waals surface area contributed by atoms with Crippen LogP contribution in [0.25, 0.3) is 22.0 Å². The van der Waals surface area contributed by atoms with Gasteiger partial charge in [0.15, 0.2) is 0 Å². The van der Waals surface area contributed by atoms with Gasteiger partial charge in [-0.1, -0.05) is 31.8 Å². The number of hydrogen-bond acceptors (Lipinski definition) is 6. The minimum Gasteiger partial charge on any atom is -0.493 e. The monoisotopic (exact) mass is 591 g/mol. The molecule has 3 aromatic carbocycles. The molecule has 1 aromatic heterocycles. The molecule has 1 amide bonds. The van der Waals surface area contributed by atoms with Crippen LogP contribution in [0, 0.1) is 5.82 Å². The molecule has 0 N–H and O–H groups in total. The molecule has 0 atom stereocenters. The Balaban J connectivity index is 1.63. The number of methoxy groups -OCH3 is 1. The zero-order valence-electron chi connectivity index (χ0n) is 25.1. The van der Waals surface area contributed by atoms with Crippen molar-refractivity contribution in [3.8, 4) is 16.9 Å². The molecule has 42 heavy (non-hydrogen) atoms. The number of fused-ring (bicyclic) bond motifs is 1. The fourth-order valence-corrected chi connectivity index (χ4v) is 5.43. The van der Waals surface area contributed by atoms with Crippen molar-refractivity contribution in [2.24, 2.45) is 0 Å². The lowest BCUT2D eigenvalue weighted by molar-refractivity contribution is 0.0600. The van der Waals surface area contributed by atoms with Crippen molar-refractivity contribution in [1.29, 1.82) is 0 Å². The summed E-state index contributed by atoms with van der Waals surface area (Å²) in [7, 11) is 1.79. The van der Waals surface area contributed by atoms with Gasteiger partial charge in [0.05, 0.1) is 31.0 Å². The van der Waals surface area contributed by atoms with E-state index in [-0.39, 0.29) is 25.0 Å². The number of benzene rings is 3. The normalized spacial score (nSPS) is 11.5. The molecule has 0 bridgehead atoms. The summed E-state index contributed by atoms with van der Waals surface area (Å²) in [4.78, 5) is 27.6. The Labute approximate surface area is 247 Å². The first-order valence-corrected chi connectivity index (χ1v) is 17.6. The number of carbonyl (C=O) groups excluding carboxylic acids is 2. The first-order valence-electron chi connectivity index (χ1n) is 13.9. The second-order valence-corrected chi connectivity index (χ2v) is 17.0. The van der Waals surface area contributed by atoms with E-state index >= 15 is 0 Å². The van der Waals surface area contributed by atoms with Crippen molar-refractivity contribution >= 4 is 30.9 Å². The largest absolute Gasteiger partial charge is 0.493 e. The second-order valence-electron chi connectivity index (χ2n) is 11.4.